The highest BCUT2D eigenvalue weighted by Gasteiger charge is 2.23. The average molecular weight is 321 g/mol. The van der Waals surface area contributed by atoms with Gasteiger partial charge in [-0.15, -0.1) is 11.3 Å². The summed E-state index contributed by atoms with van der Waals surface area (Å²) in [6, 6.07) is 2.76. The molecule has 9 heteroatoms. The molecule has 0 aliphatic heterocycles. The van der Waals surface area contributed by atoms with E-state index < -0.39 is 31.1 Å². The molecule has 2 N–H and O–H groups in total. The number of carboxylic acids is 2. The number of amides is 2. The van der Waals surface area contributed by atoms with E-state index in [2.05, 4.69) is 0 Å². The molecule has 0 saturated carbocycles. The maximum absolute atomic E-state index is 12.0. The van der Waals surface area contributed by atoms with Gasteiger partial charge in [0.05, 0.1) is 10.9 Å². The van der Waals surface area contributed by atoms with Crippen molar-refractivity contribution >= 4 is 40.9 Å². The number of hydrogen-bond donors (Lipinski definition) is 2. The second-order valence-corrected chi connectivity index (χ2v) is 5.79. The second kappa shape index (κ2) is 7.11. The molecule has 0 atom stereocenters. The minimum Gasteiger partial charge on any atom is -0.480 e. The number of carbonyl (C=O) groups excluding carboxylic acids is 1. The van der Waals surface area contributed by atoms with Gasteiger partial charge < -0.3 is 20.0 Å². The Morgan fingerprint density at radius 1 is 1.20 bits per heavy atom. The van der Waals surface area contributed by atoms with E-state index >= 15 is 0 Å². The molecule has 1 aromatic heterocycles. The summed E-state index contributed by atoms with van der Waals surface area (Å²) in [4.78, 5) is 36.2. The number of nitrogens with zero attached hydrogens (tertiary/aromatic N) is 2. The van der Waals surface area contributed by atoms with Gasteiger partial charge in [0.25, 0.3) is 0 Å². The van der Waals surface area contributed by atoms with Crippen molar-refractivity contribution in [3.05, 3.63) is 21.3 Å². The third-order valence-electron chi connectivity index (χ3n) is 2.27. The number of hydrogen-bond acceptors (Lipinski definition) is 4. The lowest BCUT2D eigenvalue weighted by Crippen LogP contribution is -2.45. The Labute approximate surface area is 124 Å². The number of carboxylic acid groups (broad SMARTS) is 2. The molecule has 1 aromatic rings. The molecule has 7 nitrogen and oxygen atoms in total. The van der Waals surface area contributed by atoms with Crippen molar-refractivity contribution in [1.29, 1.82) is 0 Å². The molecule has 2 amide bonds. The average Bonchev–Trinajstić information content (AvgIpc) is 2.71. The number of aliphatic carboxylic acids is 2. The van der Waals surface area contributed by atoms with Crippen LogP contribution in [-0.2, 0) is 16.1 Å². The minimum atomic E-state index is -1.27. The van der Waals surface area contributed by atoms with Gasteiger partial charge in [0.15, 0.2) is 0 Å². The van der Waals surface area contributed by atoms with Crippen LogP contribution < -0.4 is 0 Å². The van der Waals surface area contributed by atoms with Gasteiger partial charge in [0.2, 0.25) is 0 Å². The molecular weight excluding hydrogens is 308 g/mol. The molecule has 0 radical (unpaired) electrons. The summed E-state index contributed by atoms with van der Waals surface area (Å²) in [6.45, 7) is -1.10. The van der Waals surface area contributed by atoms with E-state index in [4.69, 9.17) is 21.8 Å². The lowest BCUT2D eigenvalue weighted by molar-refractivity contribution is -0.140. The van der Waals surface area contributed by atoms with E-state index in [9.17, 15) is 14.4 Å². The van der Waals surface area contributed by atoms with E-state index in [0.717, 1.165) is 9.78 Å². The third-order valence-corrected chi connectivity index (χ3v) is 3.49. The van der Waals surface area contributed by atoms with Crippen molar-refractivity contribution in [2.24, 2.45) is 0 Å². The Morgan fingerprint density at radius 3 is 2.15 bits per heavy atom. The fourth-order valence-corrected chi connectivity index (χ4v) is 2.64. The molecule has 20 heavy (non-hydrogen) atoms. The number of carbonyl (C=O) groups is 3. The topological polar surface area (TPSA) is 98.2 Å². The van der Waals surface area contributed by atoms with Crippen LogP contribution in [0.5, 0.6) is 0 Å². The van der Waals surface area contributed by atoms with Crippen molar-refractivity contribution in [1.82, 2.24) is 9.80 Å². The monoisotopic (exact) mass is 320 g/mol. The van der Waals surface area contributed by atoms with Crippen LogP contribution in [0.25, 0.3) is 0 Å². The van der Waals surface area contributed by atoms with E-state index in [-0.39, 0.29) is 6.54 Å². The normalized spacial score (nSPS) is 10.1. The molecule has 0 fully saturated rings. The summed E-state index contributed by atoms with van der Waals surface area (Å²) >= 11 is 7.07. The Kier molecular flexibility index (Phi) is 5.78. The molecular formula is C11H13ClN2O5S. The molecule has 0 bridgehead atoms. The quantitative estimate of drug-likeness (QED) is 0.826. The zero-order chi connectivity index (χ0) is 15.3. The molecule has 0 unspecified atom stereocenters. The Balaban J connectivity index is 2.71. The van der Waals surface area contributed by atoms with Crippen molar-refractivity contribution in [3.63, 3.8) is 0 Å². The fourth-order valence-electron chi connectivity index (χ4n) is 1.50. The summed E-state index contributed by atoms with van der Waals surface area (Å²) in [5, 5.41) is 17.4. The van der Waals surface area contributed by atoms with Gasteiger partial charge in [-0.05, 0) is 12.1 Å². The van der Waals surface area contributed by atoms with Gasteiger partial charge in [-0.2, -0.15) is 0 Å². The fraction of sp³-hybridized carbons (Fsp3) is 0.364. The number of urea groups is 1. The second-order valence-electron chi connectivity index (χ2n) is 3.99. The van der Waals surface area contributed by atoms with E-state index in [0.29, 0.717) is 4.34 Å². The van der Waals surface area contributed by atoms with Gasteiger partial charge >= 0.3 is 18.0 Å². The summed E-state index contributed by atoms with van der Waals surface area (Å²) < 4.78 is 0.578. The zero-order valence-corrected chi connectivity index (χ0v) is 12.1. The van der Waals surface area contributed by atoms with Crippen molar-refractivity contribution in [2.75, 3.05) is 20.1 Å². The Hall–Kier alpha value is -1.80. The van der Waals surface area contributed by atoms with E-state index in [1.807, 2.05) is 0 Å². The molecule has 1 heterocycles. The molecule has 0 spiro atoms. The van der Waals surface area contributed by atoms with E-state index in [1.165, 1.54) is 23.3 Å². The van der Waals surface area contributed by atoms with Crippen LogP contribution in [-0.4, -0.2) is 58.1 Å². The van der Waals surface area contributed by atoms with Gasteiger partial charge in [0, 0.05) is 11.9 Å². The van der Waals surface area contributed by atoms with Crippen LogP contribution in [0.3, 0.4) is 0 Å². The third kappa shape index (κ3) is 5.06. The highest BCUT2D eigenvalue weighted by atomic mass is 35.5. The van der Waals surface area contributed by atoms with Crippen molar-refractivity contribution in [3.8, 4) is 0 Å². The molecule has 110 valence electrons. The van der Waals surface area contributed by atoms with Gasteiger partial charge in [-0.25, -0.2) is 4.79 Å². The lowest BCUT2D eigenvalue weighted by Gasteiger charge is -2.25. The van der Waals surface area contributed by atoms with Crippen LogP contribution >= 0.6 is 22.9 Å². The minimum absolute atomic E-state index is 0.228. The van der Waals surface area contributed by atoms with Crippen molar-refractivity contribution in [2.45, 2.75) is 6.54 Å². The van der Waals surface area contributed by atoms with Crippen molar-refractivity contribution < 1.29 is 24.6 Å². The smallest absolute Gasteiger partial charge is 0.323 e. The summed E-state index contributed by atoms with van der Waals surface area (Å²) in [5.41, 5.74) is 0. The zero-order valence-electron chi connectivity index (χ0n) is 10.6. The Morgan fingerprint density at radius 2 is 1.75 bits per heavy atom. The van der Waals surface area contributed by atoms with Crippen LogP contribution in [0.4, 0.5) is 4.79 Å². The molecule has 0 saturated heterocycles. The predicted molar refractivity (Wildman–Crippen MR) is 73.0 cm³/mol. The van der Waals surface area contributed by atoms with Gasteiger partial charge in [-0.1, -0.05) is 11.6 Å². The first kappa shape index (κ1) is 16.3. The molecule has 0 aliphatic carbocycles. The molecule has 0 aromatic carbocycles. The first-order valence-corrected chi connectivity index (χ1v) is 6.67. The molecule has 0 aliphatic rings. The van der Waals surface area contributed by atoms with Gasteiger partial charge in [0.1, 0.15) is 13.1 Å². The first-order chi connectivity index (χ1) is 9.29. The number of thiophene rings is 1. The van der Waals surface area contributed by atoms with Gasteiger partial charge in [-0.3, -0.25) is 9.59 Å². The number of halogens is 1. The van der Waals surface area contributed by atoms with Crippen LogP contribution in [0.1, 0.15) is 4.88 Å². The highest BCUT2D eigenvalue weighted by Crippen LogP contribution is 2.22. The van der Waals surface area contributed by atoms with E-state index in [1.54, 1.807) is 12.1 Å². The highest BCUT2D eigenvalue weighted by molar-refractivity contribution is 7.16. The first-order valence-electron chi connectivity index (χ1n) is 5.47. The summed E-state index contributed by atoms with van der Waals surface area (Å²) in [6.07, 6.45) is 0. The maximum atomic E-state index is 12.0. The standard InChI is InChI=1S/C11H13ClN2O5S/c1-13(4-7-2-3-8(12)20-7)11(19)14(5-9(15)16)6-10(17)18/h2-3H,4-6H2,1H3,(H,15,16)(H,17,18). The summed E-state index contributed by atoms with van der Waals surface area (Å²) in [5.74, 6) is -2.54. The summed E-state index contributed by atoms with van der Waals surface area (Å²) in [7, 11) is 1.46. The lowest BCUT2D eigenvalue weighted by atomic mass is 10.4. The van der Waals surface area contributed by atoms with Crippen LogP contribution in [0.15, 0.2) is 12.1 Å². The molecule has 1 rings (SSSR count). The number of rotatable bonds is 6. The Bertz CT molecular complexity index is 503. The predicted octanol–water partition coefficient (Wildman–Crippen LogP) is 1.42. The largest absolute Gasteiger partial charge is 0.480 e. The van der Waals surface area contributed by atoms with Crippen LogP contribution in [0.2, 0.25) is 4.34 Å². The SMILES string of the molecule is CN(Cc1ccc(Cl)s1)C(=O)N(CC(=O)O)CC(=O)O. The van der Waals surface area contributed by atoms with Crippen LogP contribution in [0, 0.1) is 0 Å². The maximum Gasteiger partial charge on any atom is 0.323 e.